The lowest BCUT2D eigenvalue weighted by molar-refractivity contribution is -0.157. The first kappa shape index (κ1) is 13.2. The molecule has 3 rings (SSSR count). The van der Waals surface area contributed by atoms with Crippen LogP contribution < -0.4 is 0 Å². The first-order chi connectivity index (χ1) is 8.10. The Morgan fingerprint density at radius 3 is 2.17 bits per heavy atom. The minimum atomic E-state index is -0.729. The third kappa shape index (κ3) is 1.85. The van der Waals surface area contributed by atoms with Gasteiger partial charge in [-0.3, -0.25) is 4.79 Å². The molecule has 102 valence electrons. The predicted molar refractivity (Wildman–Crippen MR) is 65.3 cm³/mol. The van der Waals surface area contributed by atoms with Gasteiger partial charge < -0.3 is 14.7 Å². The molecule has 0 radical (unpaired) electrons. The average Bonchev–Trinajstić information content (AvgIpc) is 2.68. The summed E-state index contributed by atoms with van der Waals surface area (Å²) in [7, 11) is 1.71. The minimum absolute atomic E-state index is 0.291. The topological polar surface area (TPSA) is 66.8 Å². The molecule has 0 aromatic rings. The largest absolute Gasteiger partial charge is 0.481 e. The van der Waals surface area contributed by atoms with Crippen molar-refractivity contribution in [3.8, 4) is 0 Å². The molecule has 0 aromatic heterocycles. The van der Waals surface area contributed by atoms with Gasteiger partial charge in [0.2, 0.25) is 0 Å². The first-order valence-corrected chi connectivity index (χ1v) is 6.31. The van der Waals surface area contributed by atoms with Crippen LogP contribution in [0.3, 0.4) is 0 Å². The van der Waals surface area contributed by atoms with E-state index in [1.807, 2.05) is 20.8 Å². The summed E-state index contributed by atoms with van der Waals surface area (Å²) in [4.78, 5) is 24.8. The second-order valence-corrected chi connectivity index (χ2v) is 6.70. The van der Waals surface area contributed by atoms with Gasteiger partial charge in [0.15, 0.2) is 0 Å². The van der Waals surface area contributed by atoms with Crippen molar-refractivity contribution in [2.75, 3.05) is 7.05 Å². The minimum Gasteiger partial charge on any atom is -0.481 e. The third-order valence-corrected chi connectivity index (χ3v) is 4.24. The molecule has 3 aliphatic rings. The lowest BCUT2D eigenvalue weighted by Crippen LogP contribution is -2.59. The molecular formula is C13H21NO4. The number of aliphatic carboxylic acids is 1. The molecule has 5 heteroatoms. The van der Waals surface area contributed by atoms with Crippen LogP contribution in [-0.4, -0.2) is 40.3 Å². The van der Waals surface area contributed by atoms with Gasteiger partial charge in [-0.2, -0.15) is 0 Å². The number of hydrogen-bond donors (Lipinski definition) is 1. The van der Waals surface area contributed by atoms with Crippen LogP contribution in [0, 0.1) is 5.41 Å². The van der Waals surface area contributed by atoms with E-state index in [2.05, 4.69) is 0 Å². The highest BCUT2D eigenvalue weighted by molar-refractivity contribution is 5.79. The number of ether oxygens (including phenoxy) is 1. The van der Waals surface area contributed by atoms with Crippen LogP contribution >= 0.6 is 0 Å². The Kier molecular flexibility index (Phi) is 2.65. The molecule has 0 unspecified atom stereocenters. The van der Waals surface area contributed by atoms with Gasteiger partial charge in [0.25, 0.3) is 0 Å². The highest BCUT2D eigenvalue weighted by Gasteiger charge is 2.67. The summed E-state index contributed by atoms with van der Waals surface area (Å²) < 4.78 is 5.33. The van der Waals surface area contributed by atoms with Crippen LogP contribution in [-0.2, 0) is 9.53 Å². The molecule has 0 saturated heterocycles. The van der Waals surface area contributed by atoms with Crippen molar-refractivity contribution in [3.05, 3.63) is 0 Å². The zero-order valence-corrected chi connectivity index (χ0v) is 11.4. The number of amides is 1. The quantitative estimate of drug-likeness (QED) is 0.821. The molecule has 2 bridgehead atoms. The number of nitrogens with zero attached hydrogens (tertiary/aromatic N) is 1. The number of fused-ring (bicyclic) bond motifs is 1. The van der Waals surface area contributed by atoms with E-state index in [9.17, 15) is 14.7 Å². The number of carbonyl (C=O) groups excluding carboxylic acids is 1. The molecule has 18 heavy (non-hydrogen) atoms. The Labute approximate surface area is 107 Å². The van der Waals surface area contributed by atoms with Crippen LogP contribution in [0.25, 0.3) is 0 Å². The number of rotatable bonds is 2. The van der Waals surface area contributed by atoms with E-state index in [-0.39, 0.29) is 11.6 Å². The summed E-state index contributed by atoms with van der Waals surface area (Å²) in [5.74, 6) is -0.729. The lowest BCUT2D eigenvalue weighted by Gasteiger charge is -2.49. The second kappa shape index (κ2) is 3.62. The van der Waals surface area contributed by atoms with Crippen LogP contribution in [0.1, 0.15) is 46.5 Å². The van der Waals surface area contributed by atoms with E-state index in [1.165, 1.54) is 0 Å². The summed E-state index contributed by atoms with van der Waals surface area (Å²) in [6.45, 7) is 5.48. The summed E-state index contributed by atoms with van der Waals surface area (Å²) >= 11 is 0. The van der Waals surface area contributed by atoms with Gasteiger partial charge in [-0.15, -0.1) is 0 Å². The Balaban J connectivity index is 2.03. The number of hydrogen-bond acceptors (Lipinski definition) is 3. The molecule has 3 saturated carbocycles. The van der Waals surface area contributed by atoms with Crippen LogP contribution in [0.4, 0.5) is 4.79 Å². The number of carbonyl (C=O) groups is 2. The van der Waals surface area contributed by atoms with Crippen molar-refractivity contribution in [2.45, 2.75) is 57.6 Å². The monoisotopic (exact) mass is 255 g/mol. The molecule has 5 nitrogen and oxygen atoms in total. The fourth-order valence-corrected chi connectivity index (χ4v) is 3.22. The molecule has 0 aromatic carbocycles. The van der Waals surface area contributed by atoms with Gasteiger partial charge in [-0.1, -0.05) is 0 Å². The molecule has 0 atom stereocenters. The van der Waals surface area contributed by atoms with Crippen molar-refractivity contribution in [1.29, 1.82) is 0 Å². The molecule has 0 spiro atoms. The summed E-state index contributed by atoms with van der Waals surface area (Å²) in [6, 6.07) is 0. The van der Waals surface area contributed by atoms with Gasteiger partial charge in [0, 0.05) is 12.6 Å². The van der Waals surface area contributed by atoms with Crippen LogP contribution in [0.2, 0.25) is 0 Å². The van der Waals surface area contributed by atoms with Gasteiger partial charge in [-0.05, 0) is 46.5 Å². The summed E-state index contributed by atoms with van der Waals surface area (Å²) in [5.41, 5.74) is -1.40. The fraction of sp³-hybridized carbons (Fsp3) is 0.846. The Morgan fingerprint density at radius 1 is 1.22 bits per heavy atom. The molecule has 1 N–H and O–H groups in total. The Hall–Kier alpha value is -1.26. The Morgan fingerprint density at radius 2 is 1.78 bits per heavy atom. The standard InChI is InChI=1S/C13H21NO4/c1-11(2,3)18-10(17)14(4)13-6-5-12(7-13,8-13)9(15)16/h5-8H2,1-4H3,(H,15,16). The predicted octanol–water partition coefficient (Wildman–Crippen LogP) is 2.25. The van der Waals surface area contributed by atoms with E-state index in [0.717, 1.165) is 6.42 Å². The number of carboxylic acids is 1. The van der Waals surface area contributed by atoms with Crippen molar-refractivity contribution in [2.24, 2.45) is 5.41 Å². The van der Waals surface area contributed by atoms with Crippen molar-refractivity contribution < 1.29 is 19.4 Å². The average molecular weight is 255 g/mol. The van der Waals surface area contributed by atoms with E-state index >= 15 is 0 Å². The van der Waals surface area contributed by atoms with Crippen molar-refractivity contribution in [3.63, 3.8) is 0 Å². The smallest absolute Gasteiger partial charge is 0.410 e. The van der Waals surface area contributed by atoms with Gasteiger partial charge in [0.05, 0.1) is 5.41 Å². The van der Waals surface area contributed by atoms with Gasteiger partial charge in [0.1, 0.15) is 5.60 Å². The molecule has 0 heterocycles. The second-order valence-electron chi connectivity index (χ2n) is 6.70. The van der Waals surface area contributed by atoms with Gasteiger partial charge in [-0.25, -0.2) is 4.79 Å². The highest BCUT2D eigenvalue weighted by atomic mass is 16.6. The molecule has 3 fully saturated rings. The van der Waals surface area contributed by atoms with Crippen LogP contribution in [0.15, 0.2) is 0 Å². The Bertz CT molecular complexity index is 390. The first-order valence-electron chi connectivity index (χ1n) is 6.31. The van der Waals surface area contributed by atoms with E-state index in [1.54, 1.807) is 11.9 Å². The molecule has 1 amide bonds. The highest BCUT2D eigenvalue weighted by Crippen LogP contribution is 2.63. The SMILES string of the molecule is CN(C(=O)OC(C)(C)C)C12CCC(C(=O)O)(C1)C2. The van der Waals surface area contributed by atoms with Gasteiger partial charge >= 0.3 is 12.1 Å². The van der Waals surface area contributed by atoms with E-state index in [4.69, 9.17) is 4.74 Å². The summed E-state index contributed by atoms with van der Waals surface area (Å²) in [6.07, 6.45) is 2.18. The molecule has 3 aliphatic carbocycles. The summed E-state index contributed by atoms with van der Waals surface area (Å²) in [5, 5.41) is 9.20. The third-order valence-electron chi connectivity index (χ3n) is 4.24. The van der Waals surface area contributed by atoms with Crippen molar-refractivity contribution in [1.82, 2.24) is 4.90 Å². The zero-order chi connectivity index (χ0) is 13.8. The zero-order valence-electron chi connectivity index (χ0n) is 11.4. The lowest BCUT2D eigenvalue weighted by atomic mass is 9.64. The number of carboxylic acid groups (broad SMARTS) is 1. The maximum atomic E-state index is 12.0. The molecular weight excluding hydrogens is 234 g/mol. The molecule has 0 aliphatic heterocycles. The van der Waals surface area contributed by atoms with E-state index in [0.29, 0.717) is 19.3 Å². The maximum Gasteiger partial charge on any atom is 0.410 e. The maximum absolute atomic E-state index is 12.0. The van der Waals surface area contributed by atoms with Crippen LogP contribution in [0.5, 0.6) is 0 Å². The fourth-order valence-electron chi connectivity index (χ4n) is 3.22. The van der Waals surface area contributed by atoms with E-state index < -0.39 is 17.0 Å². The normalized spacial score (nSPS) is 33.8. The van der Waals surface area contributed by atoms with Crippen molar-refractivity contribution >= 4 is 12.1 Å².